The molecule has 232 valence electrons. The minimum absolute atomic E-state index is 0.0783. The van der Waals surface area contributed by atoms with Crippen LogP contribution >= 0.6 is 34.5 Å². The average molecular weight is 677 g/mol. The topological polar surface area (TPSA) is 126 Å². The van der Waals surface area contributed by atoms with Crippen molar-refractivity contribution in [2.24, 2.45) is 4.99 Å². The van der Waals surface area contributed by atoms with Crippen molar-refractivity contribution in [1.82, 2.24) is 4.57 Å². The van der Waals surface area contributed by atoms with Crippen molar-refractivity contribution < 1.29 is 23.6 Å². The first kappa shape index (κ1) is 31.0. The molecule has 1 aliphatic rings. The van der Waals surface area contributed by atoms with Crippen molar-refractivity contribution in [2.45, 2.75) is 13.0 Å². The highest BCUT2D eigenvalue weighted by Crippen LogP contribution is 2.38. The van der Waals surface area contributed by atoms with Gasteiger partial charge in [0.05, 0.1) is 45.5 Å². The summed E-state index contributed by atoms with van der Waals surface area (Å²) in [5, 5.41) is 11.2. The third-order valence-corrected chi connectivity index (χ3v) is 8.78. The van der Waals surface area contributed by atoms with E-state index >= 15 is 0 Å². The predicted octanol–water partition coefficient (Wildman–Crippen LogP) is 6.42. The number of nitro benzene ring substituents is 1. The summed E-state index contributed by atoms with van der Waals surface area (Å²) in [5.74, 6) is 0.568. The quantitative estimate of drug-likeness (QED) is 0.106. The first-order chi connectivity index (χ1) is 22.2. The predicted molar refractivity (Wildman–Crippen MR) is 175 cm³/mol. The number of nitro groups is 1. The molecule has 0 bridgehead atoms. The summed E-state index contributed by atoms with van der Waals surface area (Å²) in [6, 6.07) is 21.3. The van der Waals surface area contributed by atoms with Crippen molar-refractivity contribution in [3.63, 3.8) is 0 Å². The molecule has 10 nitrogen and oxygen atoms in total. The van der Waals surface area contributed by atoms with Gasteiger partial charge in [-0.05, 0) is 42.8 Å². The van der Waals surface area contributed by atoms with E-state index in [1.54, 1.807) is 43.3 Å². The zero-order valence-corrected chi connectivity index (χ0v) is 26.6. The number of methoxy groups -OCH3 is 1. The SMILES string of the molecule is CCOC(=O)C1=C(c2ccccc2)N=c2s/c(=C/c3ccc(-c4cc(Cl)c([N+](=O)[O-])cc4Cl)o3)c(=O)n2[C@@H]1c1cccc(OC)c1. The van der Waals surface area contributed by atoms with Gasteiger partial charge in [0.1, 0.15) is 22.3 Å². The van der Waals surface area contributed by atoms with Gasteiger partial charge in [-0.15, -0.1) is 0 Å². The fourth-order valence-corrected chi connectivity index (χ4v) is 6.60. The molecule has 0 aliphatic carbocycles. The minimum atomic E-state index is -0.879. The molecule has 5 aromatic rings. The van der Waals surface area contributed by atoms with E-state index in [0.717, 1.165) is 17.4 Å². The van der Waals surface area contributed by atoms with Gasteiger partial charge in [-0.3, -0.25) is 19.5 Å². The second-order valence-electron chi connectivity index (χ2n) is 9.95. The number of rotatable bonds is 8. The van der Waals surface area contributed by atoms with E-state index in [-0.39, 0.29) is 32.4 Å². The molecule has 2 aromatic heterocycles. The fourth-order valence-electron chi connectivity index (χ4n) is 5.14. The van der Waals surface area contributed by atoms with E-state index < -0.39 is 22.5 Å². The van der Waals surface area contributed by atoms with Crippen molar-refractivity contribution in [3.05, 3.63) is 141 Å². The Balaban J connectivity index is 1.54. The lowest BCUT2D eigenvalue weighted by atomic mass is 9.93. The zero-order valence-electron chi connectivity index (χ0n) is 24.2. The Hall–Kier alpha value is -4.97. The van der Waals surface area contributed by atoms with E-state index in [1.165, 1.54) is 17.7 Å². The Bertz CT molecular complexity index is 2220. The van der Waals surface area contributed by atoms with Gasteiger partial charge in [-0.2, -0.15) is 0 Å². The van der Waals surface area contributed by atoms with Crippen LogP contribution in [-0.2, 0) is 9.53 Å². The molecule has 0 spiro atoms. The number of halogens is 2. The van der Waals surface area contributed by atoms with E-state index in [9.17, 15) is 19.7 Å². The van der Waals surface area contributed by atoms with Gasteiger partial charge in [-0.1, -0.05) is 77.0 Å². The normalized spacial score (nSPS) is 14.5. The van der Waals surface area contributed by atoms with E-state index in [1.807, 2.05) is 36.4 Å². The maximum absolute atomic E-state index is 14.1. The number of carbonyl (C=O) groups excluding carboxylic acids is 1. The molecule has 0 N–H and O–H groups in total. The molecule has 3 heterocycles. The number of fused-ring (bicyclic) bond motifs is 1. The van der Waals surface area contributed by atoms with E-state index in [2.05, 4.69) is 0 Å². The first-order valence-electron chi connectivity index (χ1n) is 13.9. The third kappa shape index (κ3) is 5.76. The largest absolute Gasteiger partial charge is 0.497 e. The first-order valence-corrected chi connectivity index (χ1v) is 15.4. The van der Waals surface area contributed by atoms with Gasteiger partial charge in [0.15, 0.2) is 4.80 Å². The lowest BCUT2D eigenvalue weighted by Crippen LogP contribution is -2.40. The summed E-state index contributed by atoms with van der Waals surface area (Å²) in [6.07, 6.45) is 1.56. The summed E-state index contributed by atoms with van der Waals surface area (Å²) >= 11 is 13.6. The molecule has 3 aromatic carbocycles. The summed E-state index contributed by atoms with van der Waals surface area (Å²) in [7, 11) is 1.54. The third-order valence-electron chi connectivity index (χ3n) is 7.18. The summed E-state index contributed by atoms with van der Waals surface area (Å²) in [6.45, 7) is 1.84. The van der Waals surface area contributed by atoms with Gasteiger partial charge >= 0.3 is 5.97 Å². The smallest absolute Gasteiger partial charge is 0.338 e. The number of carbonyl (C=O) groups is 1. The summed E-state index contributed by atoms with van der Waals surface area (Å²) in [5.41, 5.74) is 1.54. The van der Waals surface area contributed by atoms with Crippen LogP contribution in [0, 0.1) is 10.1 Å². The number of nitrogens with zero attached hydrogens (tertiary/aromatic N) is 3. The summed E-state index contributed by atoms with van der Waals surface area (Å²) < 4.78 is 18.7. The molecular formula is C33H23Cl2N3O7S. The number of hydrogen-bond acceptors (Lipinski definition) is 9. The van der Waals surface area contributed by atoms with Crippen molar-refractivity contribution in [3.8, 4) is 17.1 Å². The Labute approximate surface area is 275 Å². The van der Waals surface area contributed by atoms with E-state index in [4.69, 9.17) is 42.1 Å². The maximum Gasteiger partial charge on any atom is 0.338 e. The molecule has 0 amide bonds. The van der Waals surface area contributed by atoms with Gasteiger partial charge < -0.3 is 13.9 Å². The monoisotopic (exact) mass is 675 g/mol. The zero-order chi connectivity index (χ0) is 32.5. The lowest BCUT2D eigenvalue weighted by molar-refractivity contribution is -0.384. The van der Waals surface area contributed by atoms with Crippen LogP contribution in [0.1, 0.15) is 29.9 Å². The number of esters is 1. The van der Waals surface area contributed by atoms with Gasteiger partial charge in [-0.25, -0.2) is 9.79 Å². The Morgan fingerprint density at radius 1 is 1.09 bits per heavy atom. The molecule has 6 rings (SSSR count). The van der Waals surface area contributed by atoms with Gasteiger partial charge in [0.2, 0.25) is 0 Å². The minimum Gasteiger partial charge on any atom is -0.497 e. The van der Waals surface area contributed by atoms with Crippen molar-refractivity contribution in [2.75, 3.05) is 13.7 Å². The van der Waals surface area contributed by atoms with Crippen LogP contribution in [0.15, 0.2) is 98.6 Å². The number of aromatic nitrogens is 1. The highest BCUT2D eigenvalue weighted by atomic mass is 35.5. The molecule has 0 radical (unpaired) electrons. The van der Waals surface area contributed by atoms with Crippen molar-refractivity contribution >= 4 is 58.0 Å². The van der Waals surface area contributed by atoms with Gasteiger partial charge in [0, 0.05) is 23.3 Å². The Kier molecular flexibility index (Phi) is 8.63. The summed E-state index contributed by atoms with van der Waals surface area (Å²) in [4.78, 5) is 43.6. The highest BCUT2D eigenvalue weighted by Gasteiger charge is 2.35. The second-order valence-corrected chi connectivity index (χ2v) is 11.8. The van der Waals surface area contributed by atoms with Crippen LogP contribution < -0.4 is 19.6 Å². The van der Waals surface area contributed by atoms with E-state index in [0.29, 0.717) is 44.5 Å². The Morgan fingerprint density at radius 2 is 1.87 bits per heavy atom. The number of furan rings is 1. The molecule has 0 saturated carbocycles. The number of benzene rings is 3. The standard InChI is InChI=1S/C33H23Cl2N3O7S/c1-3-44-32(40)28-29(18-8-5-4-6-9-18)36-33-37(30(28)19-10-7-11-20(14-19)43-2)31(39)27(46-33)15-21-12-13-26(45-21)22-16-24(35)25(38(41)42)17-23(22)34/h4-17,30H,3H2,1-2H3/b27-15+/t30-/m1/s1. The number of ether oxygens (including phenoxy) is 2. The average Bonchev–Trinajstić information content (AvgIpc) is 3.65. The molecule has 13 heteroatoms. The molecule has 0 saturated heterocycles. The molecule has 1 aliphatic heterocycles. The van der Waals surface area contributed by atoms with Crippen LogP contribution in [0.2, 0.25) is 10.0 Å². The lowest BCUT2D eigenvalue weighted by Gasteiger charge is -2.26. The van der Waals surface area contributed by atoms with Crippen LogP contribution in [0.3, 0.4) is 0 Å². The molecule has 46 heavy (non-hydrogen) atoms. The van der Waals surface area contributed by atoms with Crippen LogP contribution in [0.4, 0.5) is 5.69 Å². The van der Waals surface area contributed by atoms with Crippen molar-refractivity contribution in [1.29, 1.82) is 0 Å². The van der Waals surface area contributed by atoms with Crippen LogP contribution in [0.5, 0.6) is 5.75 Å². The molecule has 1 atom stereocenters. The molecule has 0 fully saturated rings. The second kappa shape index (κ2) is 12.8. The number of hydrogen-bond donors (Lipinski definition) is 0. The maximum atomic E-state index is 14.1. The van der Waals surface area contributed by atoms with Crippen LogP contribution in [0.25, 0.3) is 23.1 Å². The van der Waals surface area contributed by atoms with Crippen LogP contribution in [-0.4, -0.2) is 29.2 Å². The Morgan fingerprint density at radius 3 is 2.59 bits per heavy atom. The highest BCUT2D eigenvalue weighted by molar-refractivity contribution is 7.07. The molecule has 0 unspecified atom stereocenters. The fraction of sp³-hybridized carbons (Fsp3) is 0.121. The number of thiazole rings is 1. The molecular weight excluding hydrogens is 653 g/mol. The van der Waals surface area contributed by atoms with Gasteiger partial charge in [0.25, 0.3) is 11.2 Å².